The van der Waals surface area contributed by atoms with Gasteiger partial charge in [-0.25, -0.2) is 0 Å². The Labute approximate surface area is 99.1 Å². The maximum absolute atomic E-state index is 2.39. The Kier molecular flexibility index (Phi) is 2.99. The van der Waals surface area contributed by atoms with Crippen molar-refractivity contribution in [1.29, 1.82) is 0 Å². The fourth-order valence-corrected chi connectivity index (χ4v) is 2.78. The summed E-state index contributed by atoms with van der Waals surface area (Å²) in [6.45, 7) is 0. The average molecular weight is 210 g/mol. The molecule has 16 heavy (non-hydrogen) atoms. The smallest absolute Gasteiger partial charge is 0.00527 e. The van der Waals surface area contributed by atoms with Gasteiger partial charge in [0.2, 0.25) is 0 Å². The molecular formula is C16H18. The third-order valence-corrected chi connectivity index (χ3v) is 3.78. The van der Waals surface area contributed by atoms with Crippen LogP contribution in [0, 0.1) is 24.7 Å². The van der Waals surface area contributed by atoms with Gasteiger partial charge in [-0.2, -0.15) is 0 Å². The van der Waals surface area contributed by atoms with E-state index in [0.29, 0.717) is 0 Å². The highest BCUT2D eigenvalue weighted by molar-refractivity contribution is 5.40. The number of hydrogen-bond acceptors (Lipinski definition) is 0. The van der Waals surface area contributed by atoms with E-state index in [-0.39, 0.29) is 0 Å². The Balaban J connectivity index is 1.73. The fourth-order valence-electron chi connectivity index (χ4n) is 2.78. The predicted molar refractivity (Wildman–Crippen MR) is 67.4 cm³/mol. The van der Waals surface area contributed by atoms with Gasteiger partial charge >= 0.3 is 0 Å². The number of benzene rings is 1. The van der Waals surface area contributed by atoms with E-state index in [1.165, 1.54) is 49.7 Å². The minimum Gasteiger partial charge on any atom is -0.0581 e. The van der Waals surface area contributed by atoms with Gasteiger partial charge in [0.25, 0.3) is 0 Å². The molecular weight excluding hydrogens is 192 g/mol. The molecule has 2 saturated carbocycles. The average Bonchev–Trinajstić information content (AvgIpc) is 3.03. The molecule has 0 aromatic heterocycles. The van der Waals surface area contributed by atoms with Crippen molar-refractivity contribution in [3.8, 4) is 0 Å². The molecule has 2 aliphatic rings. The third kappa shape index (κ3) is 2.03. The first kappa shape index (κ1) is 10.4. The maximum atomic E-state index is 2.39. The van der Waals surface area contributed by atoms with Crippen molar-refractivity contribution in [2.45, 2.75) is 38.5 Å². The summed E-state index contributed by atoms with van der Waals surface area (Å²) < 4.78 is 0. The zero-order valence-corrected chi connectivity index (χ0v) is 9.71. The monoisotopic (exact) mass is 210 g/mol. The molecule has 0 nitrogen and oxygen atoms in total. The van der Waals surface area contributed by atoms with E-state index in [1.54, 1.807) is 11.8 Å². The van der Waals surface area contributed by atoms with Crippen LogP contribution in [-0.2, 0) is 0 Å². The van der Waals surface area contributed by atoms with E-state index in [1.807, 2.05) is 0 Å². The highest BCUT2D eigenvalue weighted by Gasteiger charge is 2.20. The third-order valence-electron chi connectivity index (χ3n) is 3.78. The molecule has 0 heterocycles. The quantitative estimate of drug-likeness (QED) is 0.682. The summed E-state index contributed by atoms with van der Waals surface area (Å²) in [5.41, 5.74) is 2.92. The Morgan fingerprint density at radius 1 is 0.625 bits per heavy atom. The van der Waals surface area contributed by atoms with Gasteiger partial charge in [-0.15, -0.1) is 0 Å². The summed E-state index contributed by atoms with van der Waals surface area (Å²) >= 11 is 0. The number of rotatable bonds is 2. The molecule has 0 bridgehead atoms. The van der Waals surface area contributed by atoms with Crippen LogP contribution in [0.4, 0.5) is 0 Å². The molecule has 0 saturated heterocycles. The van der Waals surface area contributed by atoms with Crippen LogP contribution in [0.2, 0.25) is 0 Å². The molecule has 2 fully saturated rings. The molecule has 0 spiro atoms. The molecule has 0 amide bonds. The Bertz CT molecular complexity index is 289. The van der Waals surface area contributed by atoms with Crippen molar-refractivity contribution < 1.29 is 0 Å². The van der Waals surface area contributed by atoms with E-state index >= 15 is 0 Å². The lowest BCUT2D eigenvalue weighted by Crippen LogP contribution is -1.96. The van der Waals surface area contributed by atoms with Crippen molar-refractivity contribution in [2.75, 3.05) is 0 Å². The van der Waals surface area contributed by atoms with Gasteiger partial charge in [-0.3, -0.25) is 0 Å². The van der Waals surface area contributed by atoms with E-state index < -0.39 is 0 Å². The molecule has 0 atom stereocenters. The second kappa shape index (κ2) is 4.61. The second-order valence-electron chi connectivity index (χ2n) is 4.85. The van der Waals surface area contributed by atoms with Crippen LogP contribution in [0.25, 0.3) is 0 Å². The van der Waals surface area contributed by atoms with E-state index in [2.05, 4.69) is 37.1 Å². The van der Waals surface area contributed by atoms with Crippen LogP contribution in [0.15, 0.2) is 24.3 Å². The van der Waals surface area contributed by atoms with Crippen molar-refractivity contribution in [1.82, 2.24) is 0 Å². The van der Waals surface area contributed by atoms with Crippen LogP contribution in [0.5, 0.6) is 0 Å². The van der Waals surface area contributed by atoms with Crippen LogP contribution < -0.4 is 0 Å². The number of hydrogen-bond donors (Lipinski definition) is 0. The molecule has 0 unspecified atom stereocenters. The normalized spacial score (nSPS) is 23.0. The van der Waals surface area contributed by atoms with Crippen LogP contribution in [0.3, 0.4) is 0 Å². The molecule has 1 aromatic rings. The molecule has 4 radical (unpaired) electrons. The molecule has 0 N–H and O–H groups in total. The van der Waals surface area contributed by atoms with Crippen molar-refractivity contribution in [3.05, 3.63) is 60.1 Å². The lowest BCUT2D eigenvalue weighted by molar-refractivity contribution is 0.940. The van der Waals surface area contributed by atoms with Crippen molar-refractivity contribution in [3.63, 3.8) is 0 Å². The lowest BCUT2D eigenvalue weighted by Gasteiger charge is -2.12. The first-order valence-electron chi connectivity index (χ1n) is 6.37. The second-order valence-corrected chi connectivity index (χ2v) is 4.85. The summed E-state index contributed by atoms with van der Waals surface area (Å²) in [6, 6.07) is 9.26. The highest BCUT2D eigenvalue weighted by atomic mass is 14.2. The van der Waals surface area contributed by atoms with E-state index in [0.717, 1.165) is 0 Å². The standard InChI is InChI=1S/C16H18/c1-2-6-13(5-1)15-9-11-16(12-10-15)14-7-3-4-8-14/h1,3,9-12H,2,4-8H2. The summed E-state index contributed by atoms with van der Waals surface area (Å²) in [7, 11) is 0. The first-order valence-corrected chi connectivity index (χ1v) is 6.37. The minimum atomic E-state index is 1.20. The highest BCUT2D eigenvalue weighted by Crippen LogP contribution is 2.35. The van der Waals surface area contributed by atoms with Gasteiger partial charge in [0.1, 0.15) is 0 Å². The van der Waals surface area contributed by atoms with Gasteiger partial charge in [-0.05, 0) is 62.5 Å². The van der Waals surface area contributed by atoms with Gasteiger partial charge in [0, 0.05) is 11.8 Å². The predicted octanol–water partition coefficient (Wildman–Crippen LogP) is 4.31. The SMILES string of the molecule is [CH]1CC[C](c2ccc([C]3C[CH]CC3)cc2)C1. The zero-order chi connectivity index (χ0) is 10.8. The van der Waals surface area contributed by atoms with Crippen LogP contribution >= 0.6 is 0 Å². The summed E-state index contributed by atoms with van der Waals surface area (Å²) in [5, 5.41) is 0. The lowest BCUT2D eigenvalue weighted by atomic mass is 9.92. The van der Waals surface area contributed by atoms with E-state index in [4.69, 9.17) is 0 Å². The van der Waals surface area contributed by atoms with Crippen molar-refractivity contribution >= 4 is 0 Å². The van der Waals surface area contributed by atoms with Gasteiger partial charge < -0.3 is 0 Å². The van der Waals surface area contributed by atoms with Crippen LogP contribution in [-0.4, -0.2) is 0 Å². The Hall–Kier alpha value is -0.780. The molecule has 3 rings (SSSR count). The maximum Gasteiger partial charge on any atom is 0.00527 e. The largest absolute Gasteiger partial charge is 0.0581 e. The van der Waals surface area contributed by atoms with Crippen molar-refractivity contribution in [2.24, 2.45) is 0 Å². The van der Waals surface area contributed by atoms with Gasteiger partial charge in [0.15, 0.2) is 0 Å². The minimum absolute atomic E-state index is 1.20. The fraction of sp³-hybridized carbons (Fsp3) is 0.375. The van der Waals surface area contributed by atoms with E-state index in [9.17, 15) is 0 Å². The topological polar surface area (TPSA) is 0 Å². The Morgan fingerprint density at radius 3 is 1.38 bits per heavy atom. The zero-order valence-electron chi connectivity index (χ0n) is 9.71. The molecule has 1 aromatic carbocycles. The molecule has 2 aliphatic carbocycles. The summed E-state index contributed by atoms with van der Waals surface area (Å²) in [5.74, 6) is 3.24. The summed E-state index contributed by atoms with van der Waals surface area (Å²) in [4.78, 5) is 0. The molecule has 0 heteroatoms. The molecule has 0 aliphatic heterocycles. The summed E-state index contributed by atoms with van der Waals surface area (Å²) in [6.07, 6.45) is 12.3. The Morgan fingerprint density at radius 2 is 1.06 bits per heavy atom. The van der Waals surface area contributed by atoms with Gasteiger partial charge in [-0.1, -0.05) is 24.3 Å². The molecule has 82 valence electrons. The first-order chi connectivity index (χ1) is 7.93. The van der Waals surface area contributed by atoms with Crippen LogP contribution in [0.1, 0.15) is 49.7 Å². The van der Waals surface area contributed by atoms with Gasteiger partial charge in [0.05, 0.1) is 0 Å².